The number of ether oxygens (including phenoxy) is 2. The summed E-state index contributed by atoms with van der Waals surface area (Å²) in [4.78, 5) is 37.3. The molecule has 0 fully saturated rings. The van der Waals surface area contributed by atoms with Gasteiger partial charge < -0.3 is 25.2 Å². The van der Waals surface area contributed by atoms with E-state index in [2.05, 4.69) is 21.0 Å². The molecule has 1 heterocycles. The van der Waals surface area contributed by atoms with Crippen molar-refractivity contribution in [1.82, 2.24) is 15.1 Å². The van der Waals surface area contributed by atoms with Crippen molar-refractivity contribution in [2.45, 2.75) is 71.6 Å². The Bertz CT molecular complexity index is 1860. The van der Waals surface area contributed by atoms with Crippen LogP contribution in [0.3, 0.4) is 0 Å². The zero-order valence-electron chi connectivity index (χ0n) is 28.1. The number of benzene rings is 3. The van der Waals surface area contributed by atoms with Gasteiger partial charge in [0.15, 0.2) is 5.69 Å². The molecule has 11 nitrogen and oxygen atoms in total. The van der Waals surface area contributed by atoms with E-state index in [1.54, 1.807) is 47.6 Å². The van der Waals surface area contributed by atoms with Gasteiger partial charge in [0.05, 0.1) is 16.9 Å². The fraction of sp³-hybridized carbons (Fsp3) is 0.314. The van der Waals surface area contributed by atoms with Gasteiger partial charge in [-0.25, -0.2) is 18.7 Å². The first-order chi connectivity index (χ1) is 23.2. The number of aliphatic hydroxyl groups excluding tert-OH is 1. The molecular weight excluding hydrogens is 662 g/mol. The highest BCUT2D eigenvalue weighted by Crippen LogP contribution is 2.33. The molecule has 1 atom stereocenters. The van der Waals surface area contributed by atoms with Gasteiger partial charge in [-0.2, -0.15) is 18.3 Å². The van der Waals surface area contributed by atoms with Crippen LogP contribution in [0.5, 0.6) is 0 Å². The average molecular weight is 700 g/mol. The summed E-state index contributed by atoms with van der Waals surface area (Å²) in [5.41, 5.74) is -2.80. The Hall–Kier alpha value is -5.44. The highest BCUT2D eigenvalue weighted by atomic mass is 19.4. The molecule has 0 radical (unpaired) electrons. The third-order valence-corrected chi connectivity index (χ3v) is 6.66. The second-order valence-electron chi connectivity index (χ2n) is 13.2. The molecule has 3 amide bonds. The Morgan fingerprint density at radius 2 is 1.46 bits per heavy atom. The zero-order chi connectivity index (χ0) is 37.0. The van der Waals surface area contributed by atoms with E-state index in [4.69, 9.17) is 9.47 Å². The van der Waals surface area contributed by atoms with Gasteiger partial charge in [-0.1, -0.05) is 30.3 Å². The molecule has 0 unspecified atom stereocenters. The Labute approximate surface area is 285 Å². The number of alkyl halides is 3. The maximum atomic E-state index is 14.8. The van der Waals surface area contributed by atoms with Crippen LogP contribution in [0.15, 0.2) is 72.9 Å². The number of hydrogen-bond donors (Lipinski definition) is 4. The van der Waals surface area contributed by atoms with Crippen molar-refractivity contribution in [3.63, 3.8) is 0 Å². The van der Waals surface area contributed by atoms with Gasteiger partial charge in [0.1, 0.15) is 23.1 Å². The van der Waals surface area contributed by atoms with Crippen LogP contribution in [-0.4, -0.2) is 44.2 Å². The Kier molecular flexibility index (Phi) is 10.9. The van der Waals surface area contributed by atoms with Gasteiger partial charge >= 0.3 is 18.4 Å². The molecule has 1 aromatic heterocycles. The van der Waals surface area contributed by atoms with E-state index in [1.165, 1.54) is 48.5 Å². The predicted molar refractivity (Wildman–Crippen MR) is 176 cm³/mol. The number of alkyl carbamates (subject to hydrolysis) is 1. The average Bonchev–Trinajstić information content (AvgIpc) is 3.47. The van der Waals surface area contributed by atoms with Gasteiger partial charge in [-0.3, -0.25) is 10.1 Å². The normalized spacial score (nSPS) is 12.5. The molecule has 4 N–H and O–H groups in total. The van der Waals surface area contributed by atoms with E-state index in [9.17, 15) is 37.1 Å². The highest BCUT2D eigenvalue weighted by molar-refractivity contribution is 6.05. The molecule has 4 aromatic rings. The number of nitrogens with zero attached hydrogens (tertiary/aromatic N) is 2. The molecule has 0 spiro atoms. The fourth-order valence-electron chi connectivity index (χ4n) is 4.54. The van der Waals surface area contributed by atoms with E-state index < -0.39 is 64.3 Å². The topological polar surface area (TPSA) is 144 Å². The summed E-state index contributed by atoms with van der Waals surface area (Å²) >= 11 is 0. The van der Waals surface area contributed by atoms with Crippen LogP contribution >= 0.6 is 0 Å². The minimum atomic E-state index is -5.05. The lowest BCUT2D eigenvalue weighted by Gasteiger charge is -2.20. The minimum Gasteiger partial charge on any atom is -0.444 e. The Balaban J connectivity index is 1.53. The van der Waals surface area contributed by atoms with E-state index in [-0.39, 0.29) is 17.8 Å². The Morgan fingerprint density at radius 1 is 0.840 bits per heavy atom. The van der Waals surface area contributed by atoms with Crippen LogP contribution in [0, 0.1) is 5.82 Å². The number of halogens is 4. The zero-order valence-corrected chi connectivity index (χ0v) is 28.1. The number of hydrogen-bond acceptors (Lipinski definition) is 7. The first-order valence-electron chi connectivity index (χ1n) is 15.3. The van der Waals surface area contributed by atoms with Crippen molar-refractivity contribution in [1.29, 1.82) is 0 Å². The van der Waals surface area contributed by atoms with Crippen molar-refractivity contribution >= 4 is 29.5 Å². The second-order valence-corrected chi connectivity index (χ2v) is 13.2. The number of carbonyl (C=O) groups is 3. The van der Waals surface area contributed by atoms with Crippen LogP contribution in [-0.2, 0) is 22.2 Å². The maximum absolute atomic E-state index is 14.8. The van der Waals surface area contributed by atoms with Gasteiger partial charge in [-0.05, 0) is 94.6 Å². The van der Waals surface area contributed by atoms with Crippen LogP contribution in [0.1, 0.15) is 80.4 Å². The van der Waals surface area contributed by atoms with Crippen molar-refractivity contribution in [3.8, 4) is 5.69 Å². The first kappa shape index (κ1) is 37.4. The summed E-state index contributed by atoms with van der Waals surface area (Å²) < 4.78 is 68.3. The first-order valence-corrected chi connectivity index (χ1v) is 15.3. The van der Waals surface area contributed by atoms with Crippen molar-refractivity contribution in [2.24, 2.45) is 0 Å². The van der Waals surface area contributed by atoms with Gasteiger partial charge in [-0.15, -0.1) is 0 Å². The summed E-state index contributed by atoms with van der Waals surface area (Å²) in [5.74, 6) is -2.26. The Morgan fingerprint density at radius 3 is 2.08 bits per heavy atom. The van der Waals surface area contributed by atoms with E-state index in [0.717, 1.165) is 23.0 Å². The molecule has 4 rings (SSSR count). The molecule has 0 bridgehead atoms. The van der Waals surface area contributed by atoms with Crippen LogP contribution in [0.25, 0.3) is 5.69 Å². The molecule has 0 aliphatic carbocycles. The van der Waals surface area contributed by atoms with Crippen molar-refractivity contribution in [3.05, 3.63) is 107 Å². The summed E-state index contributed by atoms with van der Waals surface area (Å²) in [6.07, 6.45) is -6.87. The fourth-order valence-corrected chi connectivity index (χ4v) is 4.54. The molecule has 0 saturated heterocycles. The molecule has 266 valence electrons. The summed E-state index contributed by atoms with van der Waals surface area (Å²) in [6.45, 7) is 10.2. The third-order valence-electron chi connectivity index (χ3n) is 6.66. The van der Waals surface area contributed by atoms with Crippen LogP contribution in [0.2, 0.25) is 0 Å². The second kappa shape index (κ2) is 14.6. The minimum absolute atomic E-state index is 0.00191. The maximum Gasteiger partial charge on any atom is 0.435 e. The van der Waals surface area contributed by atoms with Crippen LogP contribution in [0.4, 0.5) is 38.5 Å². The van der Waals surface area contributed by atoms with Crippen molar-refractivity contribution < 1.29 is 46.5 Å². The predicted octanol–water partition coefficient (Wildman–Crippen LogP) is 7.74. The number of aromatic nitrogens is 2. The monoisotopic (exact) mass is 699 g/mol. The lowest BCUT2D eigenvalue weighted by molar-refractivity contribution is -0.141. The summed E-state index contributed by atoms with van der Waals surface area (Å²) in [6, 6.07) is 15.4. The highest BCUT2D eigenvalue weighted by Gasteiger charge is 2.39. The standard InChI is InChI=1S/C35H37F4N5O6/c1-33(2,3)49-31(47)40-18-20-8-7-9-24(16-20)44-19-25(29(43-44)35(37,38)39)30(46)42-27-17-22(12-15-26(27)36)28(45)21-10-13-23(14-11-21)41-32(48)50-34(4,5)6/h7-17,19,28,45H,18H2,1-6H3,(H,40,47)(H,41,48)(H,42,46)/t28-/m0/s1. The molecule has 3 aromatic carbocycles. The molecule has 0 saturated carbocycles. The number of anilines is 2. The molecule has 50 heavy (non-hydrogen) atoms. The van der Waals surface area contributed by atoms with E-state index in [0.29, 0.717) is 16.8 Å². The van der Waals surface area contributed by atoms with E-state index in [1.807, 2.05) is 0 Å². The number of rotatable bonds is 8. The van der Waals surface area contributed by atoms with Crippen molar-refractivity contribution in [2.75, 3.05) is 10.6 Å². The lowest BCUT2D eigenvalue weighted by atomic mass is 10.0. The number of aliphatic hydroxyl groups is 1. The van der Waals surface area contributed by atoms with Crippen LogP contribution < -0.4 is 16.0 Å². The third kappa shape index (κ3) is 10.3. The quantitative estimate of drug-likeness (QED) is 0.138. The number of amides is 3. The molecule has 15 heteroatoms. The number of carbonyl (C=O) groups excluding carboxylic acids is 3. The summed E-state index contributed by atoms with van der Waals surface area (Å²) in [5, 5.41) is 21.8. The number of nitrogens with one attached hydrogen (secondary N) is 3. The molecular formula is C35H37F4N5O6. The lowest BCUT2D eigenvalue weighted by Crippen LogP contribution is -2.32. The SMILES string of the molecule is CC(C)(C)OC(=O)NCc1cccc(-n2cc(C(=O)Nc3cc([C@@H](O)c4ccc(NC(=O)OC(C)(C)C)cc4)ccc3F)c(C(F)(F)F)n2)c1. The van der Waals surface area contributed by atoms with Gasteiger partial charge in [0.25, 0.3) is 5.91 Å². The molecule has 0 aliphatic heterocycles. The van der Waals surface area contributed by atoms with Gasteiger partial charge in [0.2, 0.25) is 0 Å². The smallest absolute Gasteiger partial charge is 0.435 e. The summed E-state index contributed by atoms with van der Waals surface area (Å²) in [7, 11) is 0. The van der Waals surface area contributed by atoms with E-state index >= 15 is 0 Å². The van der Waals surface area contributed by atoms with Gasteiger partial charge in [0, 0.05) is 18.4 Å². The molecule has 0 aliphatic rings. The largest absolute Gasteiger partial charge is 0.444 e.